The molecule has 2 atom stereocenters. The highest BCUT2D eigenvalue weighted by molar-refractivity contribution is 6.06. The van der Waals surface area contributed by atoms with Crippen LogP contribution >= 0.6 is 0 Å². The Bertz CT molecular complexity index is 1150. The van der Waals surface area contributed by atoms with Gasteiger partial charge in [-0.25, -0.2) is 17.6 Å². The number of anilines is 1. The molecule has 2 aromatic carbocycles. The number of hydrogen-bond acceptors (Lipinski definition) is 4. The number of carbonyl (C=O) groups is 1. The molecule has 166 valence electrons. The molecule has 0 unspecified atom stereocenters. The van der Waals surface area contributed by atoms with E-state index in [-0.39, 0.29) is 17.8 Å². The summed E-state index contributed by atoms with van der Waals surface area (Å²) in [5.41, 5.74) is 3.62. The number of hydrogen-bond donors (Lipinski definition) is 2. The number of aromatic nitrogens is 1. The summed E-state index contributed by atoms with van der Waals surface area (Å²) in [5, 5.41) is 2.47. The predicted octanol–water partition coefficient (Wildman–Crippen LogP) is 4.82. The average Bonchev–Trinajstić information content (AvgIpc) is 3.16. The van der Waals surface area contributed by atoms with E-state index in [1.165, 1.54) is 12.4 Å². The van der Waals surface area contributed by atoms with E-state index < -0.39 is 45.9 Å². The summed E-state index contributed by atoms with van der Waals surface area (Å²) in [6, 6.07) is 6.07. The second kappa shape index (κ2) is 8.96. The Morgan fingerprint density at radius 1 is 1.00 bits per heavy atom. The fourth-order valence-electron chi connectivity index (χ4n) is 3.72. The van der Waals surface area contributed by atoms with Crippen LogP contribution < -0.4 is 15.8 Å². The Hall–Kier alpha value is -3.46. The first kappa shape index (κ1) is 21.8. The zero-order valence-electron chi connectivity index (χ0n) is 16.7. The quantitative estimate of drug-likeness (QED) is 0.553. The summed E-state index contributed by atoms with van der Waals surface area (Å²) in [6.45, 7) is 0. The topological polar surface area (TPSA) is 77.2 Å². The monoisotopic (exact) mass is 445 g/mol. The van der Waals surface area contributed by atoms with Gasteiger partial charge in [0.15, 0.2) is 0 Å². The minimum absolute atomic E-state index is 0.0328. The van der Waals surface area contributed by atoms with E-state index >= 15 is 4.39 Å². The molecular weight excluding hydrogens is 426 g/mol. The highest BCUT2D eigenvalue weighted by Gasteiger charge is 2.26. The number of nitrogens with zero attached hydrogens (tertiary/aromatic N) is 1. The van der Waals surface area contributed by atoms with Gasteiger partial charge in [0.05, 0.1) is 22.9 Å². The number of nitrogens with one attached hydrogen (secondary N) is 1. The van der Waals surface area contributed by atoms with E-state index in [9.17, 15) is 18.0 Å². The van der Waals surface area contributed by atoms with Gasteiger partial charge in [0, 0.05) is 18.3 Å². The molecule has 9 heteroatoms. The van der Waals surface area contributed by atoms with Crippen LogP contribution in [0.4, 0.5) is 23.2 Å². The van der Waals surface area contributed by atoms with Crippen molar-refractivity contribution in [3.8, 4) is 16.9 Å². The van der Waals surface area contributed by atoms with Gasteiger partial charge in [0.25, 0.3) is 5.91 Å². The van der Waals surface area contributed by atoms with Crippen molar-refractivity contribution >= 4 is 11.6 Å². The van der Waals surface area contributed by atoms with Crippen LogP contribution in [0.3, 0.4) is 0 Å². The van der Waals surface area contributed by atoms with Gasteiger partial charge in [0.2, 0.25) is 0 Å². The third-order valence-corrected chi connectivity index (χ3v) is 5.30. The molecule has 4 rings (SSSR count). The van der Waals surface area contributed by atoms with Crippen molar-refractivity contribution in [2.24, 2.45) is 5.73 Å². The molecule has 3 N–H and O–H groups in total. The summed E-state index contributed by atoms with van der Waals surface area (Å²) >= 11 is 0. The van der Waals surface area contributed by atoms with Crippen LogP contribution in [0.25, 0.3) is 11.1 Å². The third kappa shape index (κ3) is 4.29. The first-order chi connectivity index (χ1) is 15.3. The van der Waals surface area contributed by atoms with Crippen LogP contribution in [0.15, 0.2) is 48.8 Å². The summed E-state index contributed by atoms with van der Waals surface area (Å²) in [4.78, 5) is 16.7. The van der Waals surface area contributed by atoms with Crippen LogP contribution in [0.1, 0.15) is 29.6 Å². The molecule has 1 saturated carbocycles. The normalized spacial score (nSPS) is 17.9. The molecule has 1 aromatic heterocycles. The number of carbonyl (C=O) groups excluding carboxylic acids is 1. The molecule has 1 heterocycles. The first-order valence-electron chi connectivity index (χ1n) is 9.95. The zero-order chi connectivity index (χ0) is 22.8. The average molecular weight is 445 g/mol. The fraction of sp³-hybridized carbons (Fsp3) is 0.217. The molecule has 1 fully saturated rings. The molecule has 32 heavy (non-hydrogen) atoms. The lowest BCUT2D eigenvalue weighted by molar-refractivity contribution is 0.102. The van der Waals surface area contributed by atoms with Crippen LogP contribution in [-0.4, -0.2) is 23.0 Å². The third-order valence-electron chi connectivity index (χ3n) is 5.30. The maximum atomic E-state index is 15.1. The molecule has 1 amide bonds. The molecule has 0 saturated heterocycles. The van der Waals surface area contributed by atoms with Gasteiger partial charge in [-0.1, -0.05) is 6.07 Å². The Kier molecular flexibility index (Phi) is 6.09. The Balaban J connectivity index is 1.64. The van der Waals surface area contributed by atoms with Crippen molar-refractivity contribution in [2.75, 3.05) is 5.32 Å². The second-order valence-corrected chi connectivity index (χ2v) is 7.52. The largest absolute Gasteiger partial charge is 0.488 e. The van der Waals surface area contributed by atoms with E-state index in [1.54, 1.807) is 6.07 Å². The van der Waals surface area contributed by atoms with Crippen molar-refractivity contribution in [1.82, 2.24) is 4.98 Å². The molecule has 5 nitrogen and oxygen atoms in total. The molecule has 1 aliphatic rings. The highest BCUT2D eigenvalue weighted by Crippen LogP contribution is 2.33. The predicted molar refractivity (Wildman–Crippen MR) is 110 cm³/mol. The number of pyridine rings is 1. The summed E-state index contributed by atoms with van der Waals surface area (Å²) in [5.74, 6) is -5.54. The van der Waals surface area contributed by atoms with Crippen LogP contribution in [-0.2, 0) is 0 Å². The van der Waals surface area contributed by atoms with Gasteiger partial charge < -0.3 is 15.8 Å². The van der Waals surface area contributed by atoms with E-state index in [4.69, 9.17) is 10.5 Å². The Morgan fingerprint density at radius 3 is 2.41 bits per heavy atom. The van der Waals surface area contributed by atoms with Crippen molar-refractivity contribution in [3.63, 3.8) is 0 Å². The lowest BCUT2D eigenvalue weighted by atomic mass is 9.99. The Labute approximate surface area is 181 Å². The van der Waals surface area contributed by atoms with Crippen molar-refractivity contribution < 1.29 is 27.1 Å². The Morgan fingerprint density at radius 2 is 1.72 bits per heavy atom. The zero-order valence-corrected chi connectivity index (χ0v) is 16.7. The molecular formula is C23H19F4N3O2. The standard InChI is InChI=1S/C23H19F4N3O2/c24-15-2-1-3-16(25)20(15)21-17(26)7-6-14(22(21)27)23(31)30-18-11-29-9-8-19(18)32-13-5-4-12(28)10-13/h1-3,6-9,11-13H,4-5,10,28H2,(H,30,31)/t12-,13-/m0/s1. The maximum Gasteiger partial charge on any atom is 0.258 e. The summed E-state index contributed by atoms with van der Waals surface area (Å²) < 4.78 is 63.6. The number of benzene rings is 2. The van der Waals surface area contributed by atoms with Crippen molar-refractivity contribution in [1.29, 1.82) is 0 Å². The lowest BCUT2D eigenvalue weighted by Gasteiger charge is -2.17. The van der Waals surface area contributed by atoms with Gasteiger partial charge in [-0.2, -0.15) is 0 Å². The van der Waals surface area contributed by atoms with E-state index in [2.05, 4.69) is 10.3 Å². The molecule has 0 aliphatic heterocycles. The lowest BCUT2D eigenvalue weighted by Crippen LogP contribution is -2.20. The first-order valence-corrected chi connectivity index (χ1v) is 9.95. The van der Waals surface area contributed by atoms with Crippen LogP contribution in [0, 0.1) is 23.3 Å². The number of amides is 1. The van der Waals surface area contributed by atoms with E-state index in [1.807, 2.05) is 0 Å². The van der Waals surface area contributed by atoms with Gasteiger partial charge >= 0.3 is 0 Å². The van der Waals surface area contributed by atoms with E-state index in [0.717, 1.165) is 43.2 Å². The molecule has 0 radical (unpaired) electrons. The minimum Gasteiger partial charge on any atom is -0.488 e. The van der Waals surface area contributed by atoms with Gasteiger partial charge in [-0.05, 0) is 43.5 Å². The summed E-state index contributed by atoms with van der Waals surface area (Å²) in [6.07, 6.45) is 4.87. The molecule has 0 bridgehead atoms. The number of nitrogens with two attached hydrogens (primary N) is 1. The highest BCUT2D eigenvalue weighted by atomic mass is 19.1. The van der Waals surface area contributed by atoms with Gasteiger partial charge in [-0.3, -0.25) is 9.78 Å². The number of rotatable bonds is 5. The molecule has 1 aliphatic carbocycles. The molecule has 0 spiro atoms. The minimum atomic E-state index is -1.39. The van der Waals surface area contributed by atoms with Gasteiger partial charge in [-0.15, -0.1) is 0 Å². The second-order valence-electron chi connectivity index (χ2n) is 7.52. The van der Waals surface area contributed by atoms with Crippen molar-refractivity contribution in [2.45, 2.75) is 31.4 Å². The fourth-order valence-corrected chi connectivity index (χ4v) is 3.72. The van der Waals surface area contributed by atoms with E-state index in [0.29, 0.717) is 12.2 Å². The maximum absolute atomic E-state index is 15.1. The van der Waals surface area contributed by atoms with Gasteiger partial charge in [0.1, 0.15) is 40.8 Å². The summed E-state index contributed by atoms with van der Waals surface area (Å²) in [7, 11) is 0. The number of halogens is 4. The van der Waals surface area contributed by atoms with Crippen molar-refractivity contribution in [3.05, 3.63) is 77.6 Å². The van der Waals surface area contributed by atoms with Crippen LogP contribution in [0.5, 0.6) is 5.75 Å². The number of ether oxygens (including phenoxy) is 1. The molecule has 3 aromatic rings. The van der Waals surface area contributed by atoms with Crippen LogP contribution in [0.2, 0.25) is 0 Å². The SMILES string of the molecule is N[C@H]1CC[C@H](Oc2ccncc2NC(=O)c2ccc(F)c(-c3c(F)cccc3F)c2F)C1. The smallest absolute Gasteiger partial charge is 0.258 e.